The van der Waals surface area contributed by atoms with Gasteiger partial charge in [-0.1, -0.05) is 12.1 Å². The van der Waals surface area contributed by atoms with Crippen LogP contribution in [0.3, 0.4) is 0 Å². The summed E-state index contributed by atoms with van der Waals surface area (Å²) in [6.45, 7) is 4.89. The molecule has 166 valence electrons. The number of aromatic nitrogens is 2. The summed E-state index contributed by atoms with van der Waals surface area (Å²) in [5, 5.41) is 15.8. The minimum absolute atomic E-state index is 0.150. The van der Waals surface area contributed by atoms with Gasteiger partial charge in [0, 0.05) is 58.1 Å². The van der Waals surface area contributed by atoms with Crippen molar-refractivity contribution in [3.63, 3.8) is 0 Å². The standard InChI is InChI=1S/C21H29N7O3/c22-17-5-9-26(14-18(17)29)13-15-1-3-16(4-2-15)28-10-6-19(25-21(28)31)24-20(30)27-11-7-23-8-12-27/h1-4,6,10,17-18,23,29H,5,7-9,11-14,22H2,(H,24,25,30,31)/t17-,18-/m1/s1. The Morgan fingerprint density at radius 3 is 2.61 bits per heavy atom. The van der Waals surface area contributed by atoms with E-state index < -0.39 is 11.8 Å². The first-order valence-electron chi connectivity index (χ1n) is 10.6. The minimum atomic E-state index is -0.497. The van der Waals surface area contributed by atoms with Crippen LogP contribution in [0.15, 0.2) is 41.3 Å². The maximum absolute atomic E-state index is 12.5. The first kappa shape index (κ1) is 21.4. The van der Waals surface area contributed by atoms with Gasteiger partial charge in [0.15, 0.2) is 0 Å². The Labute approximate surface area is 180 Å². The fourth-order valence-electron chi connectivity index (χ4n) is 3.90. The van der Waals surface area contributed by atoms with Crippen LogP contribution in [0, 0.1) is 0 Å². The number of nitrogens with one attached hydrogen (secondary N) is 2. The fraction of sp³-hybridized carbons (Fsp3) is 0.476. The number of urea groups is 1. The molecule has 2 amide bonds. The Bertz CT molecular complexity index is 956. The highest BCUT2D eigenvalue weighted by molar-refractivity contribution is 5.88. The second kappa shape index (κ2) is 9.56. The van der Waals surface area contributed by atoms with Crippen LogP contribution in [0.25, 0.3) is 5.69 Å². The van der Waals surface area contributed by atoms with E-state index in [1.807, 2.05) is 24.3 Å². The van der Waals surface area contributed by atoms with E-state index in [0.717, 1.165) is 31.6 Å². The molecular weight excluding hydrogens is 398 g/mol. The number of likely N-dealkylation sites (tertiary alicyclic amines) is 1. The second-order valence-electron chi connectivity index (χ2n) is 8.05. The number of carbonyl (C=O) groups excluding carboxylic acids is 1. The van der Waals surface area contributed by atoms with E-state index in [2.05, 4.69) is 20.5 Å². The van der Waals surface area contributed by atoms with Gasteiger partial charge >= 0.3 is 11.7 Å². The summed E-state index contributed by atoms with van der Waals surface area (Å²) in [6, 6.07) is 8.87. The summed E-state index contributed by atoms with van der Waals surface area (Å²) >= 11 is 0. The molecule has 2 aliphatic heterocycles. The molecule has 31 heavy (non-hydrogen) atoms. The van der Waals surface area contributed by atoms with Gasteiger partial charge in [-0.3, -0.25) is 14.8 Å². The Balaban J connectivity index is 1.39. The van der Waals surface area contributed by atoms with Gasteiger partial charge in [-0.15, -0.1) is 0 Å². The molecule has 0 bridgehead atoms. The number of amides is 2. The van der Waals surface area contributed by atoms with Crippen LogP contribution in [-0.2, 0) is 6.54 Å². The molecule has 1 aromatic carbocycles. The van der Waals surface area contributed by atoms with E-state index in [0.29, 0.717) is 31.9 Å². The Kier molecular flexibility index (Phi) is 6.62. The van der Waals surface area contributed by atoms with E-state index in [1.54, 1.807) is 17.2 Å². The topological polar surface area (TPSA) is 129 Å². The van der Waals surface area contributed by atoms with Crippen molar-refractivity contribution in [3.05, 3.63) is 52.6 Å². The highest BCUT2D eigenvalue weighted by atomic mass is 16.3. The summed E-state index contributed by atoms with van der Waals surface area (Å²) in [7, 11) is 0. The van der Waals surface area contributed by atoms with E-state index >= 15 is 0 Å². The van der Waals surface area contributed by atoms with Crippen molar-refractivity contribution < 1.29 is 9.90 Å². The lowest BCUT2D eigenvalue weighted by molar-refractivity contribution is 0.0499. The molecular formula is C21H29N7O3. The summed E-state index contributed by atoms with van der Waals surface area (Å²) in [5.74, 6) is 0.239. The zero-order chi connectivity index (χ0) is 21.8. The van der Waals surface area contributed by atoms with Crippen LogP contribution in [0.5, 0.6) is 0 Å². The zero-order valence-electron chi connectivity index (χ0n) is 17.4. The van der Waals surface area contributed by atoms with Crippen molar-refractivity contribution in [2.75, 3.05) is 44.6 Å². The molecule has 2 aliphatic rings. The van der Waals surface area contributed by atoms with Crippen LogP contribution in [0.2, 0.25) is 0 Å². The minimum Gasteiger partial charge on any atom is -0.390 e. The average Bonchev–Trinajstić information content (AvgIpc) is 2.78. The Morgan fingerprint density at radius 1 is 1.19 bits per heavy atom. The normalized spacial score (nSPS) is 22.3. The molecule has 0 spiro atoms. The van der Waals surface area contributed by atoms with Crippen molar-refractivity contribution in [2.45, 2.75) is 25.1 Å². The number of nitrogens with two attached hydrogens (primary N) is 1. The number of hydrogen-bond donors (Lipinski definition) is 4. The molecule has 3 heterocycles. The number of piperidine rings is 1. The molecule has 0 saturated carbocycles. The molecule has 0 aliphatic carbocycles. The lowest BCUT2D eigenvalue weighted by atomic mass is 10.0. The molecule has 0 unspecified atom stereocenters. The molecule has 10 nitrogen and oxygen atoms in total. The van der Waals surface area contributed by atoms with Crippen LogP contribution in [-0.4, -0.2) is 81.9 Å². The van der Waals surface area contributed by atoms with Crippen molar-refractivity contribution >= 4 is 11.8 Å². The first-order valence-corrected chi connectivity index (χ1v) is 10.6. The monoisotopic (exact) mass is 427 g/mol. The van der Waals surface area contributed by atoms with Crippen LogP contribution >= 0.6 is 0 Å². The lowest BCUT2D eigenvalue weighted by Gasteiger charge is -2.34. The number of β-amino-alcohol motifs (C(OH)–C–C–N with tert-alkyl or cyclic N) is 1. The fourth-order valence-corrected chi connectivity index (χ4v) is 3.90. The van der Waals surface area contributed by atoms with Crippen molar-refractivity contribution in [3.8, 4) is 5.69 Å². The smallest absolute Gasteiger partial charge is 0.354 e. The molecule has 5 N–H and O–H groups in total. The van der Waals surface area contributed by atoms with Crippen molar-refractivity contribution in [2.24, 2.45) is 5.73 Å². The quantitative estimate of drug-likeness (QED) is 0.521. The SMILES string of the molecule is N[C@@H]1CCN(Cc2ccc(-n3ccc(NC(=O)N4CCNCC4)nc3=O)cc2)C[C@H]1O. The maximum atomic E-state index is 12.5. The van der Waals surface area contributed by atoms with Gasteiger partial charge in [-0.05, 0) is 30.2 Å². The van der Waals surface area contributed by atoms with Gasteiger partial charge in [0.1, 0.15) is 5.82 Å². The summed E-state index contributed by atoms with van der Waals surface area (Å²) in [4.78, 5) is 32.6. The Morgan fingerprint density at radius 2 is 1.94 bits per heavy atom. The highest BCUT2D eigenvalue weighted by Crippen LogP contribution is 2.15. The summed E-state index contributed by atoms with van der Waals surface area (Å²) < 4.78 is 1.44. The van der Waals surface area contributed by atoms with E-state index in [-0.39, 0.29) is 17.9 Å². The number of nitrogens with zero attached hydrogens (tertiary/aromatic N) is 4. The molecule has 2 aromatic rings. The number of anilines is 1. The molecule has 4 rings (SSSR count). The zero-order valence-corrected chi connectivity index (χ0v) is 17.4. The van der Waals surface area contributed by atoms with E-state index in [9.17, 15) is 14.7 Å². The third-order valence-electron chi connectivity index (χ3n) is 5.78. The molecule has 1 aromatic heterocycles. The lowest BCUT2D eigenvalue weighted by Crippen LogP contribution is -2.50. The number of aliphatic hydroxyl groups excluding tert-OH is 1. The van der Waals surface area contributed by atoms with E-state index in [4.69, 9.17) is 5.73 Å². The van der Waals surface area contributed by atoms with Gasteiger partial charge in [-0.25, -0.2) is 9.59 Å². The third-order valence-corrected chi connectivity index (χ3v) is 5.78. The molecule has 2 fully saturated rings. The predicted molar refractivity (Wildman–Crippen MR) is 117 cm³/mol. The van der Waals surface area contributed by atoms with Crippen LogP contribution < -0.4 is 22.1 Å². The van der Waals surface area contributed by atoms with Gasteiger partial charge in [0.25, 0.3) is 0 Å². The average molecular weight is 428 g/mol. The number of benzene rings is 1. The number of hydrogen-bond acceptors (Lipinski definition) is 7. The van der Waals surface area contributed by atoms with Gasteiger partial charge in [0.2, 0.25) is 0 Å². The summed E-state index contributed by atoms with van der Waals surface area (Å²) in [6.07, 6.45) is 1.89. The van der Waals surface area contributed by atoms with Crippen molar-refractivity contribution in [1.82, 2.24) is 24.7 Å². The number of piperazine rings is 1. The molecule has 2 saturated heterocycles. The first-order chi connectivity index (χ1) is 15.0. The molecule has 0 radical (unpaired) electrons. The van der Waals surface area contributed by atoms with Crippen LogP contribution in [0.4, 0.5) is 10.6 Å². The van der Waals surface area contributed by atoms with Gasteiger partial charge in [0.05, 0.1) is 11.8 Å². The van der Waals surface area contributed by atoms with Crippen molar-refractivity contribution in [1.29, 1.82) is 0 Å². The summed E-state index contributed by atoms with van der Waals surface area (Å²) in [5.41, 5.74) is 7.19. The van der Waals surface area contributed by atoms with Gasteiger partial charge < -0.3 is 21.1 Å². The number of rotatable bonds is 4. The highest BCUT2D eigenvalue weighted by Gasteiger charge is 2.24. The Hall–Kier alpha value is -2.79. The molecule has 2 atom stereocenters. The van der Waals surface area contributed by atoms with Crippen LogP contribution in [0.1, 0.15) is 12.0 Å². The predicted octanol–water partition coefficient (Wildman–Crippen LogP) is -0.436. The molecule has 10 heteroatoms. The number of aliphatic hydroxyl groups is 1. The third kappa shape index (κ3) is 5.28. The van der Waals surface area contributed by atoms with E-state index in [1.165, 1.54) is 4.57 Å². The van der Waals surface area contributed by atoms with Gasteiger partial charge in [-0.2, -0.15) is 4.98 Å². The second-order valence-corrected chi connectivity index (χ2v) is 8.05. The maximum Gasteiger partial charge on any atom is 0.354 e. The largest absolute Gasteiger partial charge is 0.390 e. The number of carbonyl (C=O) groups is 1.